The van der Waals surface area contributed by atoms with E-state index in [1.165, 1.54) is 29.2 Å². The summed E-state index contributed by atoms with van der Waals surface area (Å²) >= 11 is 0. The first-order chi connectivity index (χ1) is 20.7. The van der Waals surface area contributed by atoms with Gasteiger partial charge in [-0.3, -0.25) is 24.6 Å². The van der Waals surface area contributed by atoms with E-state index in [0.29, 0.717) is 0 Å². The van der Waals surface area contributed by atoms with Crippen LogP contribution in [0.3, 0.4) is 0 Å². The summed E-state index contributed by atoms with van der Waals surface area (Å²) in [5.41, 5.74) is 2.45. The summed E-state index contributed by atoms with van der Waals surface area (Å²) in [6.07, 6.45) is -1.06. The molecule has 2 amide bonds. The van der Waals surface area contributed by atoms with Crippen molar-refractivity contribution in [2.45, 2.75) is 50.9 Å². The van der Waals surface area contributed by atoms with Gasteiger partial charge in [0.1, 0.15) is 18.7 Å². The molecule has 0 aliphatic carbocycles. The lowest BCUT2D eigenvalue weighted by Gasteiger charge is -2.36. The Labute approximate surface area is 247 Å². The van der Waals surface area contributed by atoms with Gasteiger partial charge in [0, 0.05) is 24.5 Å². The molecule has 3 atom stereocenters. The van der Waals surface area contributed by atoms with Crippen LogP contribution in [0.25, 0.3) is 0 Å². The Kier molecular flexibility index (Phi) is 10.0. The van der Waals surface area contributed by atoms with Gasteiger partial charge < -0.3 is 19.9 Å². The fourth-order valence-electron chi connectivity index (χ4n) is 5.01. The normalized spacial score (nSPS) is 15.4. The van der Waals surface area contributed by atoms with Gasteiger partial charge in [-0.1, -0.05) is 66.7 Å². The van der Waals surface area contributed by atoms with Crippen LogP contribution in [0.15, 0.2) is 78.9 Å². The third kappa shape index (κ3) is 7.73. The molecule has 12 heteroatoms. The number of ether oxygens (including phenoxy) is 2. The number of nitrogens with zero attached hydrogens (tertiary/aromatic N) is 2. The molecule has 3 aromatic rings. The van der Waals surface area contributed by atoms with Crippen molar-refractivity contribution in [3.63, 3.8) is 0 Å². The molecule has 1 aliphatic rings. The average Bonchev–Trinajstić information content (AvgIpc) is 3.01. The molecule has 0 saturated heterocycles. The predicted octanol–water partition coefficient (Wildman–Crippen LogP) is 3.96. The van der Waals surface area contributed by atoms with Crippen LogP contribution < -0.4 is 5.32 Å². The molecule has 3 aromatic carbocycles. The number of esters is 1. The number of carboxylic acid groups (broad SMARTS) is 1. The number of non-ortho nitro benzene ring substituents is 1. The average molecular weight is 590 g/mol. The maximum atomic E-state index is 13.8. The topological polar surface area (TPSA) is 165 Å². The fourth-order valence-corrected chi connectivity index (χ4v) is 5.01. The van der Waals surface area contributed by atoms with Crippen molar-refractivity contribution in [1.82, 2.24) is 10.2 Å². The summed E-state index contributed by atoms with van der Waals surface area (Å²) in [6.45, 7) is 1.69. The molecule has 2 N–H and O–H groups in total. The lowest BCUT2D eigenvalue weighted by atomic mass is 9.87. The minimum atomic E-state index is -1.63. The smallest absolute Gasteiger partial charge is 0.411 e. The van der Waals surface area contributed by atoms with Gasteiger partial charge in [-0.2, -0.15) is 0 Å². The molecule has 224 valence electrons. The highest BCUT2D eigenvalue weighted by Gasteiger charge is 2.40. The second kappa shape index (κ2) is 14.1. The Hall–Kier alpha value is -5.26. The zero-order valence-corrected chi connectivity index (χ0v) is 23.4. The van der Waals surface area contributed by atoms with Gasteiger partial charge in [0.25, 0.3) is 5.69 Å². The molecule has 0 aromatic heterocycles. The number of hydrogen-bond donors (Lipinski definition) is 2. The van der Waals surface area contributed by atoms with E-state index in [1.807, 2.05) is 24.3 Å². The number of hydrogen-bond acceptors (Lipinski definition) is 8. The number of amides is 2. The molecule has 0 bridgehead atoms. The fraction of sp³-hybridized carbons (Fsp3) is 0.290. The van der Waals surface area contributed by atoms with Gasteiger partial charge in [0.2, 0.25) is 5.91 Å². The number of carbonyl (C=O) groups excluding carboxylic acids is 3. The van der Waals surface area contributed by atoms with Crippen LogP contribution in [0.2, 0.25) is 0 Å². The molecular formula is C31H31N3O9. The molecule has 12 nitrogen and oxygen atoms in total. The number of fused-ring (bicyclic) bond motifs is 1. The van der Waals surface area contributed by atoms with E-state index < -0.39 is 53.3 Å². The van der Waals surface area contributed by atoms with Crippen LogP contribution in [0, 0.1) is 10.1 Å². The molecule has 0 spiro atoms. The van der Waals surface area contributed by atoms with Crippen molar-refractivity contribution < 1.29 is 38.7 Å². The Morgan fingerprint density at radius 1 is 0.977 bits per heavy atom. The number of carboxylic acids is 1. The van der Waals surface area contributed by atoms with Gasteiger partial charge in [-0.15, -0.1) is 0 Å². The lowest BCUT2D eigenvalue weighted by molar-refractivity contribution is -0.384. The first-order valence-corrected chi connectivity index (χ1v) is 13.6. The van der Waals surface area contributed by atoms with E-state index in [0.717, 1.165) is 16.7 Å². The van der Waals surface area contributed by atoms with Crippen LogP contribution in [0.4, 0.5) is 10.5 Å². The standard InChI is InChI=1S/C31H31N3O9/c1-2-42-27(35)17-25(21-12-14-24(15-13-21)34(40)41)28(30(37)38)32-29(36)26-16-22-10-6-7-11-23(22)18-33(26)31(39)43-19-20-8-4-3-5-9-20/h3-15,25-26,28H,2,16-19H2,1H3,(H,32,36)(H,37,38)/t25-,26+,28-/m1/s1. The van der Waals surface area contributed by atoms with Crippen molar-refractivity contribution in [3.8, 4) is 0 Å². The summed E-state index contributed by atoms with van der Waals surface area (Å²) in [7, 11) is 0. The largest absolute Gasteiger partial charge is 0.480 e. The van der Waals surface area contributed by atoms with Gasteiger partial charge in [-0.05, 0) is 29.2 Å². The number of benzene rings is 3. The monoisotopic (exact) mass is 589 g/mol. The summed E-state index contributed by atoms with van der Waals surface area (Å²) in [5.74, 6) is -4.02. The quantitative estimate of drug-likeness (QED) is 0.191. The molecular weight excluding hydrogens is 558 g/mol. The van der Waals surface area contributed by atoms with Crippen LogP contribution in [0.5, 0.6) is 0 Å². The van der Waals surface area contributed by atoms with Crippen molar-refractivity contribution in [2.75, 3.05) is 6.61 Å². The maximum absolute atomic E-state index is 13.8. The summed E-state index contributed by atoms with van der Waals surface area (Å²) in [6, 6.07) is 18.7. The number of nitro benzene ring substituents is 1. The lowest BCUT2D eigenvalue weighted by Crippen LogP contribution is -2.56. The predicted molar refractivity (Wildman–Crippen MR) is 153 cm³/mol. The van der Waals surface area contributed by atoms with Gasteiger partial charge in [0.05, 0.1) is 24.5 Å². The Morgan fingerprint density at radius 2 is 1.63 bits per heavy atom. The van der Waals surface area contributed by atoms with E-state index in [9.17, 15) is 34.4 Å². The molecule has 0 fully saturated rings. The second-order valence-corrected chi connectivity index (χ2v) is 9.95. The minimum Gasteiger partial charge on any atom is -0.480 e. The zero-order chi connectivity index (χ0) is 30.9. The van der Waals surface area contributed by atoms with E-state index in [2.05, 4.69) is 5.32 Å². The van der Waals surface area contributed by atoms with Gasteiger partial charge >= 0.3 is 18.0 Å². The van der Waals surface area contributed by atoms with E-state index in [-0.39, 0.29) is 37.4 Å². The molecule has 0 unspecified atom stereocenters. The third-order valence-corrected chi connectivity index (χ3v) is 7.18. The third-order valence-electron chi connectivity index (χ3n) is 7.18. The molecule has 1 heterocycles. The number of carbonyl (C=O) groups is 4. The number of nitro groups is 1. The number of rotatable bonds is 11. The Morgan fingerprint density at radius 3 is 2.26 bits per heavy atom. The summed E-state index contributed by atoms with van der Waals surface area (Å²) in [5, 5.41) is 23.9. The molecule has 4 rings (SSSR count). The van der Waals surface area contributed by atoms with E-state index >= 15 is 0 Å². The van der Waals surface area contributed by atoms with Crippen LogP contribution >= 0.6 is 0 Å². The number of aliphatic carboxylic acids is 1. The van der Waals surface area contributed by atoms with Crippen molar-refractivity contribution >= 4 is 29.6 Å². The Bertz CT molecular complexity index is 1480. The highest BCUT2D eigenvalue weighted by molar-refractivity contribution is 5.90. The zero-order valence-electron chi connectivity index (χ0n) is 23.4. The minimum absolute atomic E-state index is 0.0222. The number of nitrogens with one attached hydrogen (secondary N) is 1. The molecule has 1 aliphatic heterocycles. The first-order valence-electron chi connectivity index (χ1n) is 13.6. The molecule has 43 heavy (non-hydrogen) atoms. The van der Waals surface area contributed by atoms with Crippen molar-refractivity contribution in [3.05, 3.63) is 111 Å². The van der Waals surface area contributed by atoms with E-state index in [4.69, 9.17) is 9.47 Å². The first kappa shape index (κ1) is 30.7. The highest BCUT2D eigenvalue weighted by Crippen LogP contribution is 2.29. The molecule has 0 radical (unpaired) electrons. The summed E-state index contributed by atoms with van der Waals surface area (Å²) in [4.78, 5) is 63.9. The maximum Gasteiger partial charge on any atom is 0.411 e. The van der Waals surface area contributed by atoms with Crippen LogP contribution in [0.1, 0.15) is 41.5 Å². The highest BCUT2D eigenvalue weighted by atomic mass is 16.6. The molecule has 0 saturated carbocycles. The van der Waals surface area contributed by atoms with E-state index in [1.54, 1.807) is 37.3 Å². The second-order valence-electron chi connectivity index (χ2n) is 9.95. The van der Waals surface area contributed by atoms with Crippen molar-refractivity contribution in [1.29, 1.82) is 0 Å². The Balaban J connectivity index is 1.61. The SMILES string of the molecule is CCOC(=O)C[C@H](c1ccc([N+](=O)[O-])cc1)[C@@H](NC(=O)[C@@H]1Cc2ccccc2CN1C(=O)OCc1ccccc1)C(=O)O. The van der Waals surface area contributed by atoms with Crippen LogP contribution in [-0.2, 0) is 43.4 Å². The summed E-state index contributed by atoms with van der Waals surface area (Å²) < 4.78 is 10.6. The van der Waals surface area contributed by atoms with Gasteiger partial charge in [-0.25, -0.2) is 9.59 Å². The van der Waals surface area contributed by atoms with Crippen molar-refractivity contribution in [2.24, 2.45) is 0 Å². The van der Waals surface area contributed by atoms with Crippen LogP contribution in [-0.4, -0.2) is 57.6 Å². The van der Waals surface area contributed by atoms with Gasteiger partial charge in [0.15, 0.2) is 0 Å².